The standard InChI is InChI=1S/C14H20O/c1-10(15)9-12-7-6-8-13(11(12)2)14(3,4)5/h6-8H,9H2,1-5H3. The quantitative estimate of drug-likeness (QED) is 0.721. The molecule has 0 aliphatic rings. The Labute approximate surface area is 92.5 Å². The third-order valence-corrected chi connectivity index (χ3v) is 2.69. The Morgan fingerprint density at radius 1 is 1.27 bits per heavy atom. The van der Waals surface area contributed by atoms with Crippen LogP contribution in [0.25, 0.3) is 0 Å². The lowest BCUT2D eigenvalue weighted by molar-refractivity contribution is -0.116. The van der Waals surface area contributed by atoms with Crippen LogP contribution in [0.1, 0.15) is 44.4 Å². The molecule has 82 valence electrons. The molecule has 0 N–H and O–H groups in total. The summed E-state index contributed by atoms with van der Waals surface area (Å²) in [6.07, 6.45) is 0.551. The van der Waals surface area contributed by atoms with Gasteiger partial charge in [0.1, 0.15) is 5.78 Å². The van der Waals surface area contributed by atoms with E-state index in [2.05, 4.69) is 33.8 Å². The zero-order valence-corrected chi connectivity index (χ0v) is 10.3. The third-order valence-electron chi connectivity index (χ3n) is 2.69. The molecular weight excluding hydrogens is 184 g/mol. The maximum absolute atomic E-state index is 11.1. The number of benzene rings is 1. The lowest BCUT2D eigenvalue weighted by Crippen LogP contribution is -2.14. The van der Waals surface area contributed by atoms with Gasteiger partial charge in [0.15, 0.2) is 0 Å². The van der Waals surface area contributed by atoms with Crippen LogP contribution in [0.3, 0.4) is 0 Å². The summed E-state index contributed by atoms with van der Waals surface area (Å²) in [5.74, 6) is 0.226. The van der Waals surface area contributed by atoms with Gasteiger partial charge in [0, 0.05) is 6.42 Å². The Hall–Kier alpha value is -1.11. The highest BCUT2D eigenvalue weighted by atomic mass is 16.1. The second-order valence-corrected chi connectivity index (χ2v) is 5.22. The molecule has 0 saturated heterocycles. The average Bonchev–Trinajstić information content (AvgIpc) is 2.05. The number of Topliss-reactive ketones (excluding diaryl/α,β-unsaturated/α-hetero) is 1. The van der Waals surface area contributed by atoms with Crippen molar-refractivity contribution in [3.8, 4) is 0 Å². The van der Waals surface area contributed by atoms with Crippen molar-refractivity contribution in [3.63, 3.8) is 0 Å². The molecule has 1 heteroatoms. The molecule has 0 radical (unpaired) electrons. The largest absolute Gasteiger partial charge is 0.300 e. The minimum absolute atomic E-state index is 0.150. The zero-order valence-electron chi connectivity index (χ0n) is 10.3. The fraction of sp³-hybridized carbons (Fsp3) is 0.500. The number of rotatable bonds is 2. The highest BCUT2D eigenvalue weighted by Crippen LogP contribution is 2.27. The predicted molar refractivity (Wildman–Crippen MR) is 64.3 cm³/mol. The van der Waals surface area contributed by atoms with Gasteiger partial charge in [-0.25, -0.2) is 0 Å². The lowest BCUT2D eigenvalue weighted by Gasteiger charge is -2.23. The van der Waals surface area contributed by atoms with Crippen molar-refractivity contribution in [1.82, 2.24) is 0 Å². The molecule has 1 rings (SSSR count). The van der Waals surface area contributed by atoms with E-state index in [9.17, 15) is 4.79 Å². The SMILES string of the molecule is CC(=O)Cc1cccc(C(C)(C)C)c1C. The smallest absolute Gasteiger partial charge is 0.134 e. The van der Waals surface area contributed by atoms with E-state index in [1.54, 1.807) is 6.92 Å². The van der Waals surface area contributed by atoms with Gasteiger partial charge in [0.25, 0.3) is 0 Å². The Morgan fingerprint density at radius 3 is 2.33 bits per heavy atom. The molecule has 0 aromatic heterocycles. The fourth-order valence-electron chi connectivity index (χ4n) is 1.96. The Bertz CT molecular complexity index is 369. The average molecular weight is 204 g/mol. The van der Waals surface area contributed by atoms with Crippen LogP contribution in [0.15, 0.2) is 18.2 Å². The summed E-state index contributed by atoms with van der Waals surface area (Å²) in [5, 5.41) is 0. The molecule has 0 heterocycles. The van der Waals surface area contributed by atoms with E-state index in [1.165, 1.54) is 11.1 Å². The molecular formula is C14H20O. The first-order valence-corrected chi connectivity index (χ1v) is 5.41. The van der Waals surface area contributed by atoms with E-state index in [0.717, 1.165) is 5.56 Å². The predicted octanol–water partition coefficient (Wildman–Crippen LogP) is 3.42. The molecule has 15 heavy (non-hydrogen) atoms. The number of carbonyl (C=O) groups excluding carboxylic acids is 1. The van der Waals surface area contributed by atoms with E-state index >= 15 is 0 Å². The third kappa shape index (κ3) is 2.92. The van der Waals surface area contributed by atoms with Crippen LogP contribution in [0.5, 0.6) is 0 Å². The van der Waals surface area contributed by atoms with Gasteiger partial charge in [0.05, 0.1) is 0 Å². The molecule has 0 aliphatic heterocycles. The second-order valence-electron chi connectivity index (χ2n) is 5.22. The molecule has 1 aromatic carbocycles. The van der Waals surface area contributed by atoms with Crippen LogP contribution in [-0.4, -0.2) is 5.78 Å². The molecule has 0 bridgehead atoms. The van der Waals surface area contributed by atoms with Gasteiger partial charge in [0.2, 0.25) is 0 Å². The van der Waals surface area contributed by atoms with Crippen molar-refractivity contribution in [1.29, 1.82) is 0 Å². The number of hydrogen-bond acceptors (Lipinski definition) is 1. The van der Waals surface area contributed by atoms with Crippen LogP contribution in [0.4, 0.5) is 0 Å². The van der Waals surface area contributed by atoms with Gasteiger partial charge >= 0.3 is 0 Å². The molecule has 0 atom stereocenters. The van der Waals surface area contributed by atoms with Gasteiger partial charge < -0.3 is 0 Å². The van der Waals surface area contributed by atoms with Gasteiger partial charge in [-0.2, -0.15) is 0 Å². The molecule has 0 spiro atoms. The van der Waals surface area contributed by atoms with E-state index in [-0.39, 0.29) is 11.2 Å². The summed E-state index contributed by atoms with van der Waals surface area (Å²) in [5.41, 5.74) is 3.91. The number of carbonyl (C=O) groups is 1. The van der Waals surface area contributed by atoms with Crippen molar-refractivity contribution >= 4 is 5.78 Å². The zero-order chi connectivity index (χ0) is 11.6. The van der Waals surface area contributed by atoms with Crippen LogP contribution >= 0.6 is 0 Å². The minimum atomic E-state index is 0.150. The first kappa shape index (κ1) is 12.0. The molecule has 1 nitrogen and oxygen atoms in total. The summed E-state index contributed by atoms with van der Waals surface area (Å²) in [6, 6.07) is 6.25. The van der Waals surface area contributed by atoms with Gasteiger partial charge in [-0.15, -0.1) is 0 Å². The van der Waals surface area contributed by atoms with Gasteiger partial charge in [-0.1, -0.05) is 39.0 Å². The first-order chi connectivity index (χ1) is 6.82. The molecule has 0 amide bonds. The number of ketones is 1. The maximum Gasteiger partial charge on any atom is 0.134 e. The van der Waals surface area contributed by atoms with Crippen molar-refractivity contribution in [2.24, 2.45) is 0 Å². The lowest BCUT2D eigenvalue weighted by atomic mass is 9.82. The molecule has 0 aliphatic carbocycles. The summed E-state index contributed by atoms with van der Waals surface area (Å²) < 4.78 is 0. The molecule has 0 fully saturated rings. The van der Waals surface area contributed by atoms with E-state index in [4.69, 9.17) is 0 Å². The monoisotopic (exact) mass is 204 g/mol. The topological polar surface area (TPSA) is 17.1 Å². The molecule has 0 unspecified atom stereocenters. The Balaban J connectivity index is 3.17. The van der Waals surface area contributed by atoms with E-state index < -0.39 is 0 Å². The van der Waals surface area contributed by atoms with E-state index in [1.807, 2.05) is 12.1 Å². The first-order valence-electron chi connectivity index (χ1n) is 5.41. The van der Waals surface area contributed by atoms with Gasteiger partial charge in [-0.3, -0.25) is 4.79 Å². The Morgan fingerprint density at radius 2 is 1.87 bits per heavy atom. The van der Waals surface area contributed by atoms with E-state index in [0.29, 0.717) is 6.42 Å². The van der Waals surface area contributed by atoms with Gasteiger partial charge in [-0.05, 0) is 36.0 Å². The maximum atomic E-state index is 11.1. The van der Waals surface area contributed by atoms with Crippen LogP contribution in [0.2, 0.25) is 0 Å². The van der Waals surface area contributed by atoms with Crippen molar-refractivity contribution in [2.75, 3.05) is 0 Å². The fourth-order valence-corrected chi connectivity index (χ4v) is 1.96. The van der Waals surface area contributed by atoms with Crippen molar-refractivity contribution < 1.29 is 4.79 Å². The summed E-state index contributed by atoms with van der Waals surface area (Å²) in [7, 11) is 0. The van der Waals surface area contributed by atoms with Crippen molar-refractivity contribution in [3.05, 3.63) is 34.9 Å². The molecule has 1 aromatic rings. The molecule has 0 saturated carbocycles. The Kier molecular flexibility index (Phi) is 3.33. The van der Waals surface area contributed by atoms with Crippen molar-refractivity contribution in [2.45, 2.75) is 46.5 Å². The highest BCUT2D eigenvalue weighted by molar-refractivity contribution is 5.78. The highest BCUT2D eigenvalue weighted by Gasteiger charge is 2.17. The summed E-state index contributed by atoms with van der Waals surface area (Å²) in [6.45, 7) is 10.4. The summed E-state index contributed by atoms with van der Waals surface area (Å²) in [4.78, 5) is 11.1. The number of hydrogen-bond donors (Lipinski definition) is 0. The van der Waals surface area contributed by atoms with Crippen LogP contribution in [0, 0.1) is 6.92 Å². The summed E-state index contributed by atoms with van der Waals surface area (Å²) >= 11 is 0. The van der Waals surface area contributed by atoms with Crippen LogP contribution < -0.4 is 0 Å². The minimum Gasteiger partial charge on any atom is -0.300 e. The second kappa shape index (κ2) is 4.18. The van der Waals surface area contributed by atoms with Crippen LogP contribution in [-0.2, 0) is 16.6 Å². The normalized spacial score (nSPS) is 11.5.